The number of nitrogens with zero attached hydrogens (tertiary/aromatic N) is 1. The van der Waals surface area contributed by atoms with E-state index in [0.717, 1.165) is 18.5 Å². The molecule has 0 bridgehead atoms. The van der Waals surface area contributed by atoms with Gasteiger partial charge in [0, 0.05) is 25.0 Å². The molecule has 1 N–H and O–H groups in total. The van der Waals surface area contributed by atoms with Gasteiger partial charge in [0.25, 0.3) is 0 Å². The maximum absolute atomic E-state index is 13.2. The molecular formula is C17H20ClFN2. The van der Waals surface area contributed by atoms with Crippen LogP contribution in [0.3, 0.4) is 0 Å². The van der Waals surface area contributed by atoms with Gasteiger partial charge >= 0.3 is 0 Å². The van der Waals surface area contributed by atoms with Crippen LogP contribution in [-0.2, 0) is 13.0 Å². The maximum Gasteiger partial charge on any atom is 0.141 e. The lowest BCUT2D eigenvalue weighted by atomic mass is 10.1. The first-order valence-corrected chi connectivity index (χ1v) is 7.85. The fourth-order valence-corrected chi connectivity index (χ4v) is 3.36. The number of fused-ring (bicyclic) bond motifs is 1. The molecule has 1 aromatic heterocycles. The van der Waals surface area contributed by atoms with Crippen molar-refractivity contribution in [3.63, 3.8) is 0 Å². The summed E-state index contributed by atoms with van der Waals surface area (Å²) in [5.74, 6) is -0.362. The Labute approximate surface area is 129 Å². The van der Waals surface area contributed by atoms with Gasteiger partial charge in [0.15, 0.2) is 0 Å². The highest BCUT2D eigenvalue weighted by Gasteiger charge is 2.19. The van der Waals surface area contributed by atoms with Gasteiger partial charge in [0.1, 0.15) is 5.82 Å². The molecule has 0 spiro atoms. The summed E-state index contributed by atoms with van der Waals surface area (Å²) in [6, 6.07) is 5.38. The molecule has 4 heteroatoms. The molecule has 0 saturated heterocycles. The predicted octanol–water partition coefficient (Wildman–Crippen LogP) is 4.32. The topological polar surface area (TPSA) is 17.0 Å². The van der Waals surface area contributed by atoms with Crippen molar-refractivity contribution in [2.24, 2.45) is 0 Å². The molecule has 2 nitrogen and oxygen atoms in total. The summed E-state index contributed by atoms with van der Waals surface area (Å²) in [6.07, 6.45) is 9.30. The third-order valence-electron chi connectivity index (χ3n) is 4.26. The highest BCUT2D eigenvalue weighted by atomic mass is 35.5. The number of aryl methyl sites for hydroxylation is 1. The van der Waals surface area contributed by atoms with Crippen LogP contribution in [0.4, 0.5) is 4.39 Å². The maximum atomic E-state index is 13.2. The van der Waals surface area contributed by atoms with E-state index in [4.69, 9.17) is 11.6 Å². The van der Waals surface area contributed by atoms with Gasteiger partial charge < -0.3 is 9.88 Å². The van der Waals surface area contributed by atoms with Crippen LogP contribution in [0.25, 0.3) is 0 Å². The van der Waals surface area contributed by atoms with Gasteiger partial charge in [-0.25, -0.2) is 4.39 Å². The van der Waals surface area contributed by atoms with Crippen molar-refractivity contribution in [3.05, 3.63) is 58.1 Å². The van der Waals surface area contributed by atoms with E-state index in [2.05, 4.69) is 22.3 Å². The number of halogens is 2. The third kappa shape index (κ3) is 3.14. The van der Waals surface area contributed by atoms with E-state index < -0.39 is 0 Å². The molecule has 112 valence electrons. The second-order valence-electron chi connectivity index (χ2n) is 5.75. The van der Waals surface area contributed by atoms with Crippen LogP contribution < -0.4 is 5.32 Å². The second kappa shape index (κ2) is 6.20. The van der Waals surface area contributed by atoms with Crippen molar-refractivity contribution >= 4 is 11.6 Å². The van der Waals surface area contributed by atoms with Crippen LogP contribution in [0.2, 0.25) is 5.02 Å². The van der Waals surface area contributed by atoms with Gasteiger partial charge in [-0.3, -0.25) is 0 Å². The monoisotopic (exact) mass is 306 g/mol. The normalized spacial score (nSPS) is 18.3. The Morgan fingerprint density at radius 3 is 2.95 bits per heavy atom. The number of hydrogen-bond donors (Lipinski definition) is 1. The molecule has 1 heterocycles. The summed E-state index contributed by atoms with van der Waals surface area (Å²) in [5, 5.41) is 3.60. The minimum atomic E-state index is -0.362. The van der Waals surface area contributed by atoms with E-state index >= 15 is 0 Å². The predicted molar refractivity (Wildman–Crippen MR) is 84.3 cm³/mol. The standard InChI is InChI=1S/C17H20ClFN2/c1-20-17-5-3-2-4-13-10-21(11-14(13)17)9-12-6-7-16(19)15(18)8-12/h6-8,10-11,17,20H,2-5,9H2,1H3. The van der Waals surface area contributed by atoms with Crippen LogP contribution in [-0.4, -0.2) is 11.6 Å². The van der Waals surface area contributed by atoms with E-state index in [1.165, 1.54) is 36.5 Å². The van der Waals surface area contributed by atoms with Gasteiger partial charge in [-0.2, -0.15) is 0 Å². The lowest BCUT2D eigenvalue weighted by Gasteiger charge is -2.13. The van der Waals surface area contributed by atoms with Crippen LogP contribution >= 0.6 is 11.6 Å². The molecule has 1 aliphatic carbocycles. The average molecular weight is 307 g/mol. The summed E-state index contributed by atoms with van der Waals surface area (Å²) >= 11 is 5.85. The Balaban J connectivity index is 1.85. The number of aromatic nitrogens is 1. The lowest BCUT2D eigenvalue weighted by molar-refractivity contribution is 0.531. The minimum absolute atomic E-state index is 0.189. The van der Waals surface area contributed by atoms with Gasteiger partial charge in [-0.15, -0.1) is 0 Å². The zero-order chi connectivity index (χ0) is 14.8. The summed E-state index contributed by atoms with van der Waals surface area (Å²) < 4.78 is 15.4. The number of nitrogens with one attached hydrogen (secondary N) is 1. The van der Waals surface area contributed by atoms with E-state index in [1.807, 2.05) is 7.05 Å². The zero-order valence-corrected chi connectivity index (χ0v) is 13.0. The Hall–Kier alpha value is -1.32. The summed E-state index contributed by atoms with van der Waals surface area (Å²) in [7, 11) is 2.02. The van der Waals surface area contributed by atoms with Crippen molar-refractivity contribution in [1.29, 1.82) is 0 Å². The number of benzene rings is 1. The SMILES string of the molecule is CNC1CCCCc2cn(Cc3ccc(F)c(Cl)c3)cc21. The van der Waals surface area contributed by atoms with Crippen LogP contribution in [0.15, 0.2) is 30.6 Å². The van der Waals surface area contributed by atoms with Crippen molar-refractivity contribution in [2.75, 3.05) is 7.05 Å². The molecule has 1 unspecified atom stereocenters. The third-order valence-corrected chi connectivity index (χ3v) is 4.55. The summed E-state index contributed by atoms with van der Waals surface area (Å²) in [4.78, 5) is 0. The first kappa shape index (κ1) is 14.6. The fourth-order valence-electron chi connectivity index (χ4n) is 3.16. The molecule has 2 aromatic rings. The Morgan fingerprint density at radius 1 is 1.33 bits per heavy atom. The summed E-state index contributed by atoms with van der Waals surface area (Å²) in [6.45, 7) is 0.726. The van der Waals surface area contributed by atoms with Crippen molar-refractivity contribution in [3.8, 4) is 0 Å². The smallest absolute Gasteiger partial charge is 0.141 e. The molecular weight excluding hydrogens is 287 g/mol. The van der Waals surface area contributed by atoms with E-state index in [0.29, 0.717) is 6.04 Å². The fraction of sp³-hybridized carbons (Fsp3) is 0.412. The molecule has 0 aliphatic heterocycles. The highest BCUT2D eigenvalue weighted by Crippen LogP contribution is 2.29. The quantitative estimate of drug-likeness (QED) is 0.836. The Bertz CT molecular complexity index is 636. The largest absolute Gasteiger partial charge is 0.349 e. The highest BCUT2D eigenvalue weighted by molar-refractivity contribution is 6.30. The van der Waals surface area contributed by atoms with Crippen molar-refractivity contribution < 1.29 is 4.39 Å². The zero-order valence-electron chi connectivity index (χ0n) is 12.2. The molecule has 21 heavy (non-hydrogen) atoms. The molecule has 0 radical (unpaired) electrons. The average Bonchev–Trinajstić information content (AvgIpc) is 2.76. The Kier molecular flexibility index (Phi) is 4.32. The molecule has 0 amide bonds. The molecule has 0 saturated carbocycles. The van der Waals surface area contributed by atoms with Gasteiger partial charge in [0.05, 0.1) is 5.02 Å². The van der Waals surface area contributed by atoms with Crippen LogP contribution in [0.1, 0.15) is 42.0 Å². The van der Waals surface area contributed by atoms with E-state index in [1.54, 1.807) is 12.1 Å². The van der Waals surface area contributed by atoms with Crippen molar-refractivity contribution in [2.45, 2.75) is 38.3 Å². The first-order chi connectivity index (χ1) is 10.2. The molecule has 1 aliphatic rings. The second-order valence-corrected chi connectivity index (χ2v) is 6.15. The van der Waals surface area contributed by atoms with E-state index in [-0.39, 0.29) is 10.8 Å². The number of rotatable bonds is 3. The molecule has 1 atom stereocenters. The van der Waals surface area contributed by atoms with Crippen molar-refractivity contribution in [1.82, 2.24) is 9.88 Å². The Morgan fingerprint density at radius 2 is 2.19 bits per heavy atom. The molecule has 1 aromatic carbocycles. The van der Waals surface area contributed by atoms with E-state index in [9.17, 15) is 4.39 Å². The lowest BCUT2D eigenvalue weighted by Crippen LogP contribution is -2.15. The molecule has 0 fully saturated rings. The molecule has 3 rings (SSSR count). The minimum Gasteiger partial charge on any atom is -0.349 e. The van der Waals surface area contributed by atoms with Gasteiger partial charge in [0.2, 0.25) is 0 Å². The van der Waals surface area contributed by atoms with Crippen LogP contribution in [0, 0.1) is 5.82 Å². The first-order valence-electron chi connectivity index (χ1n) is 7.47. The van der Waals surface area contributed by atoms with Gasteiger partial charge in [-0.1, -0.05) is 24.1 Å². The van der Waals surface area contributed by atoms with Crippen LogP contribution in [0.5, 0.6) is 0 Å². The van der Waals surface area contributed by atoms with Gasteiger partial charge in [-0.05, 0) is 55.1 Å². The summed E-state index contributed by atoms with van der Waals surface area (Å²) in [5.41, 5.74) is 3.86. The number of hydrogen-bond acceptors (Lipinski definition) is 1.